The highest BCUT2D eigenvalue weighted by Gasteiger charge is 1.88. The predicted octanol–water partition coefficient (Wildman–Crippen LogP) is 3.41. The Morgan fingerprint density at radius 2 is 1.91 bits per heavy atom. The minimum atomic E-state index is -0.0728. The zero-order chi connectivity index (χ0) is 7.94. The highest BCUT2D eigenvalue weighted by atomic mass is 31.1. The van der Waals surface area contributed by atoms with Gasteiger partial charge < -0.3 is 0 Å². The maximum absolute atomic E-state index is 3.51. The molecule has 1 heterocycles. The van der Waals surface area contributed by atoms with E-state index in [4.69, 9.17) is 0 Å². The van der Waals surface area contributed by atoms with Crippen LogP contribution in [0.3, 0.4) is 0 Å². The average molecular weight is 169 g/mol. The van der Waals surface area contributed by atoms with Gasteiger partial charge in [-0.2, -0.15) is 0 Å². The summed E-state index contributed by atoms with van der Waals surface area (Å²) in [7, 11) is -0.0728. The molecule has 2 heteroatoms. The van der Waals surface area contributed by atoms with Gasteiger partial charge in [0.15, 0.2) is 0 Å². The summed E-state index contributed by atoms with van der Waals surface area (Å²) in [6.07, 6.45) is 3.98. The monoisotopic (exact) mass is 169 g/mol. The fourth-order valence-corrected chi connectivity index (χ4v) is 2.32. The number of hydrogen-bond donors (Lipinski definition) is 1. The first-order chi connectivity index (χ1) is 5.43. The molecule has 0 aromatic carbocycles. The lowest BCUT2D eigenvalue weighted by Crippen LogP contribution is -1.95. The van der Waals surface area contributed by atoms with E-state index in [1.165, 1.54) is 25.8 Å². The van der Waals surface area contributed by atoms with Gasteiger partial charge in [0.1, 0.15) is 0 Å². The zero-order valence-electron chi connectivity index (χ0n) is 7.09. The average Bonchev–Trinajstić information content (AvgIpc) is 2.50. The molecule has 0 aliphatic heterocycles. The molecular weight excluding hydrogens is 153 g/mol. The van der Waals surface area contributed by atoms with Gasteiger partial charge >= 0.3 is 0 Å². The topological polar surface area (TPSA) is 12.0 Å². The number of hydrogen-bond acceptors (Lipinski definition) is 1. The van der Waals surface area contributed by atoms with E-state index < -0.39 is 0 Å². The lowest BCUT2D eigenvalue weighted by Gasteiger charge is -2.00. The highest BCUT2D eigenvalue weighted by Crippen LogP contribution is 2.21. The maximum atomic E-state index is 3.51. The van der Waals surface area contributed by atoms with Crippen molar-refractivity contribution in [3.63, 3.8) is 0 Å². The van der Waals surface area contributed by atoms with E-state index in [0.29, 0.717) is 0 Å². The van der Waals surface area contributed by atoms with Crippen LogP contribution in [0.1, 0.15) is 26.2 Å². The molecule has 1 aromatic heterocycles. The second-order valence-electron chi connectivity index (χ2n) is 2.71. The summed E-state index contributed by atoms with van der Waals surface area (Å²) in [4.78, 5) is 0. The van der Waals surface area contributed by atoms with E-state index in [1.54, 1.807) is 0 Å². The first kappa shape index (κ1) is 8.83. The van der Waals surface area contributed by atoms with Crippen LogP contribution in [-0.2, 0) is 0 Å². The van der Waals surface area contributed by atoms with Crippen molar-refractivity contribution in [2.45, 2.75) is 26.2 Å². The standard InChI is InChI=1S/C9H16NP/c1-2-3-4-7-10-11-8-5-6-9-11/h5-6,8-10H,2-4,7H2,1H3. The first-order valence-electron chi connectivity index (χ1n) is 4.30. The molecule has 0 atom stereocenters. The van der Waals surface area contributed by atoms with E-state index in [2.05, 4.69) is 35.7 Å². The molecular formula is C9H16NP. The van der Waals surface area contributed by atoms with Gasteiger partial charge in [-0.3, -0.25) is 5.09 Å². The summed E-state index contributed by atoms with van der Waals surface area (Å²) in [5, 5.41) is 3.51. The molecule has 0 bridgehead atoms. The molecule has 11 heavy (non-hydrogen) atoms. The molecule has 1 rings (SSSR count). The Morgan fingerprint density at radius 3 is 2.55 bits per heavy atom. The third kappa shape index (κ3) is 3.60. The molecule has 0 aliphatic rings. The fraction of sp³-hybridized carbons (Fsp3) is 0.556. The largest absolute Gasteiger partial charge is 0.275 e. The SMILES string of the molecule is CCCCCNp1cccc1. The van der Waals surface area contributed by atoms with Crippen molar-refractivity contribution >= 4 is 7.68 Å². The third-order valence-electron chi connectivity index (χ3n) is 1.68. The van der Waals surface area contributed by atoms with Gasteiger partial charge in [0.05, 0.1) is 0 Å². The van der Waals surface area contributed by atoms with Gasteiger partial charge in [-0.05, 0) is 18.0 Å². The molecule has 0 unspecified atom stereocenters. The summed E-state index contributed by atoms with van der Waals surface area (Å²) >= 11 is 0. The van der Waals surface area contributed by atoms with Crippen LogP contribution >= 0.6 is 7.68 Å². The number of rotatable bonds is 5. The summed E-state index contributed by atoms with van der Waals surface area (Å²) in [6.45, 7) is 3.41. The van der Waals surface area contributed by atoms with Gasteiger partial charge in [-0.1, -0.05) is 39.6 Å². The third-order valence-corrected chi connectivity index (χ3v) is 3.25. The van der Waals surface area contributed by atoms with Crippen LogP contribution in [0.25, 0.3) is 0 Å². The Hall–Kier alpha value is -0.260. The van der Waals surface area contributed by atoms with E-state index in [-0.39, 0.29) is 7.68 Å². The van der Waals surface area contributed by atoms with Crippen LogP contribution in [0, 0.1) is 0 Å². The Morgan fingerprint density at radius 1 is 1.18 bits per heavy atom. The molecule has 1 nitrogen and oxygen atoms in total. The Bertz CT molecular complexity index is 170. The van der Waals surface area contributed by atoms with Crippen molar-refractivity contribution < 1.29 is 0 Å². The van der Waals surface area contributed by atoms with Crippen molar-refractivity contribution in [1.82, 2.24) is 0 Å². The summed E-state index contributed by atoms with van der Waals surface area (Å²) in [5.41, 5.74) is 0. The highest BCUT2D eigenvalue weighted by molar-refractivity contribution is 7.49. The van der Waals surface area contributed by atoms with Crippen LogP contribution in [-0.4, -0.2) is 6.54 Å². The molecule has 0 spiro atoms. The predicted molar refractivity (Wildman–Crippen MR) is 52.9 cm³/mol. The lowest BCUT2D eigenvalue weighted by atomic mass is 10.3. The number of nitrogens with one attached hydrogen (secondary N) is 1. The maximum Gasteiger partial charge on any atom is 0.00326 e. The second kappa shape index (κ2) is 5.40. The van der Waals surface area contributed by atoms with Crippen molar-refractivity contribution in [3.05, 3.63) is 23.7 Å². The Balaban J connectivity index is 2.04. The van der Waals surface area contributed by atoms with E-state index in [9.17, 15) is 0 Å². The zero-order valence-corrected chi connectivity index (χ0v) is 7.98. The molecule has 62 valence electrons. The molecule has 0 fully saturated rings. The summed E-state index contributed by atoms with van der Waals surface area (Å²) in [6, 6.07) is 4.25. The van der Waals surface area contributed by atoms with E-state index in [0.717, 1.165) is 0 Å². The number of unbranched alkanes of at least 4 members (excludes halogenated alkanes) is 2. The first-order valence-corrected chi connectivity index (χ1v) is 5.78. The minimum Gasteiger partial charge on any atom is -0.275 e. The molecule has 1 N–H and O–H groups in total. The van der Waals surface area contributed by atoms with Gasteiger partial charge in [0.25, 0.3) is 0 Å². The minimum absolute atomic E-state index is 0.0728. The second-order valence-corrected chi connectivity index (χ2v) is 4.43. The molecule has 0 amide bonds. The van der Waals surface area contributed by atoms with Gasteiger partial charge in [-0.25, -0.2) is 0 Å². The van der Waals surface area contributed by atoms with Gasteiger partial charge in [0, 0.05) is 6.54 Å². The van der Waals surface area contributed by atoms with Crippen LogP contribution in [0.5, 0.6) is 0 Å². The van der Waals surface area contributed by atoms with Crippen LogP contribution in [0.2, 0.25) is 0 Å². The van der Waals surface area contributed by atoms with Gasteiger partial charge in [-0.15, -0.1) is 0 Å². The molecule has 1 aromatic rings. The van der Waals surface area contributed by atoms with Crippen molar-refractivity contribution in [1.29, 1.82) is 0 Å². The Kier molecular flexibility index (Phi) is 4.33. The summed E-state index contributed by atoms with van der Waals surface area (Å²) < 4.78 is 0. The smallest absolute Gasteiger partial charge is 0.00326 e. The van der Waals surface area contributed by atoms with Crippen LogP contribution < -0.4 is 5.09 Å². The van der Waals surface area contributed by atoms with Crippen molar-refractivity contribution in [2.75, 3.05) is 11.6 Å². The molecule has 0 aliphatic carbocycles. The van der Waals surface area contributed by atoms with Crippen molar-refractivity contribution in [2.24, 2.45) is 0 Å². The summed E-state index contributed by atoms with van der Waals surface area (Å²) in [5.74, 6) is 4.50. The molecule has 0 saturated heterocycles. The molecule has 0 saturated carbocycles. The Labute approximate surface area is 69.9 Å². The van der Waals surface area contributed by atoms with Crippen LogP contribution in [0.4, 0.5) is 0 Å². The van der Waals surface area contributed by atoms with E-state index >= 15 is 0 Å². The quantitative estimate of drug-likeness (QED) is 0.666. The van der Waals surface area contributed by atoms with Gasteiger partial charge in [0.2, 0.25) is 0 Å². The lowest BCUT2D eigenvalue weighted by molar-refractivity contribution is 0.749. The normalized spacial score (nSPS) is 10.3. The van der Waals surface area contributed by atoms with Crippen LogP contribution in [0.15, 0.2) is 23.7 Å². The van der Waals surface area contributed by atoms with Crippen molar-refractivity contribution in [3.8, 4) is 0 Å². The molecule has 0 radical (unpaired) electrons. The van der Waals surface area contributed by atoms with E-state index in [1.807, 2.05) is 0 Å². The fourth-order valence-electron chi connectivity index (χ4n) is 1.02.